The molecule has 0 saturated carbocycles. The SMILES string of the molecule is Cc1cnn2c(Cl)cc(-c3cncc(F)c3)nc12.Cc1cnn2c(NCCc3ccccc3)cc(-c3cncc(F)c3)nc12.NCCc1ccccc1. The van der Waals surface area contributed by atoms with Crippen molar-refractivity contribution in [1.29, 1.82) is 0 Å². The topological polar surface area (TPSA) is 124 Å². The number of nitrogens with one attached hydrogen (secondary N) is 1. The molecule has 6 heterocycles. The summed E-state index contributed by atoms with van der Waals surface area (Å²) in [5.74, 6) is 0.0295. The van der Waals surface area contributed by atoms with Gasteiger partial charge in [-0.3, -0.25) is 9.97 Å². The van der Waals surface area contributed by atoms with Crippen molar-refractivity contribution < 1.29 is 8.78 Å². The van der Waals surface area contributed by atoms with Crippen molar-refractivity contribution in [3.8, 4) is 22.5 Å². The molecule has 8 aromatic rings. The standard InChI is InChI=1S/C20H18FN5.C12H8ClFN4.C8H11N/c1-14-11-24-26-19(23-8-7-15-5-3-2-4-6-15)10-18(25-20(14)26)16-9-17(21)13-22-12-16;1-7-4-16-18-11(13)3-10(17-12(7)18)8-2-9(14)6-15-5-8;9-7-6-8-4-2-1-3-5-8/h2-6,9-13,23H,7-8H2,1H3;2-6H,1H3;1-5H,6-7,9H2. The van der Waals surface area contributed by atoms with Crippen LogP contribution in [0.4, 0.5) is 14.6 Å². The zero-order valence-electron chi connectivity index (χ0n) is 29.2. The number of rotatable bonds is 8. The molecule has 2 aromatic carbocycles. The number of nitrogens with zero attached hydrogens (tertiary/aromatic N) is 8. The highest BCUT2D eigenvalue weighted by atomic mass is 35.5. The van der Waals surface area contributed by atoms with Crippen LogP contribution in [0.5, 0.6) is 0 Å². The molecule has 0 aliphatic heterocycles. The fourth-order valence-electron chi connectivity index (χ4n) is 5.43. The molecule has 3 N–H and O–H groups in total. The minimum absolute atomic E-state index is 0.381. The van der Waals surface area contributed by atoms with E-state index >= 15 is 0 Å². The normalized spacial score (nSPS) is 10.8. The van der Waals surface area contributed by atoms with E-state index in [0.29, 0.717) is 33.3 Å². The van der Waals surface area contributed by atoms with Crippen molar-refractivity contribution in [1.82, 2.24) is 39.2 Å². The number of nitrogens with two attached hydrogens (primary N) is 1. The summed E-state index contributed by atoms with van der Waals surface area (Å²) in [6.45, 7) is 5.34. The third-order valence-electron chi connectivity index (χ3n) is 8.09. The average Bonchev–Trinajstić information content (AvgIpc) is 3.75. The van der Waals surface area contributed by atoms with E-state index in [9.17, 15) is 8.78 Å². The van der Waals surface area contributed by atoms with Gasteiger partial charge in [-0.05, 0) is 56.5 Å². The molecule has 0 aliphatic rings. The summed E-state index contributed by atoms with van der Waals surface area (Å²) in [6, 6.07) is 26.9. The van der Waals surface area contributed by atoms with Crippen molar-refractivity contribution >= 4 is 28.7 Å². The van der Waals surface area contributed by atoms with Gasteiger partial charge in [-0.15, -0.1) is 0 Å². The van der Waals surface area contributed by atoms with E-state index in [-0.39, 0.29) is 5.82 Å². The van der Waals surface area contributed by atoms with Gasteiger partial charge >= 0.3 is 0 Å². The van der Waals surface area contributed by atoms with Crippen LogP contribution in [0.3, 0.4) is 0 Å². The van der Waals surface area contributed by atoms with Crippen LogP contribution in [-0.2, 0) is 12.8 Å². The molecule has 8 rings (SSSR count). The summed E-state index contributed by atoms with van der Waals surface area (Å²) >= 11 is 6.11. The Bertz CT molecular complexity index is 2420. The van der Waals surface area contributed by atoms with Gasteiger partial charge in [0.05, 0.1) is 36.2 Å². The third kappa shape index (κ3) is 9.42. The number of pyridine rings is 2. The van der Waals surface area contributed by atoms with Gasteiger partial charge in [0, 0.05) is 53.3 Å². The van der Waals surface area contributed by atoms with E-state index in [0.717, 1.165) is 54.7 Å². The summed E-state index contributed by atoms with van der Waals surface area (Å²) in [4.78, 5) is 16.8. The van der Waals surface area contributed by atoms with E-state index in [1.165, 1.54) is 34.0 Å². The van der Waals surface area contributed by atoms with Crippen molar-refractivity contribution in [2.75, 3.05) is 18.4 Å². The minimum atomic E-state index is -0.407. The Morgan fingerprint density at radius 3 is 1.70 bits per heavy atom. The number of aromatic nitrogens is 8. The lowest BCUT2D eigenvalue weighted by Crippen LogP contribution is -2.10. The molecular formula is C40H37ClF2N10. The number of aryl methyl sites for hydroxylation is 2. The molecule has 53 heavy (non-hydrogen) atoms. The summed E-state index contributed by atoms with van der Waals surface area (Å²) in [7, 11) is 0. The lowest BCUT2D eigenvalue weighted by atomic mass is 10.1. The van der Waals surface area contributed by atoms with Crippen LogP contribution < -0.4 is 11.1 Å². The Hall–Kier alpha value is -6.11. The lowest BCUT2D eigenvalue weighted by Gasteiger charge is -2.11. The fourth-order valence-corrected chi connectivity index (χ4v) is 5.65. The first kappa shape index (κ1) is 36.7. The zero-order chi connectivity index (χ0) is 37.2. The molecule has 0 aliphatic carbocycles. The van der Waals surface area contributed by atoms with Crippen LogP contribution in [0.2, 0.25) is 5.15 Å². The molecule has 0 amide bonds. The van der Waals surface area contributed by atoms with Crippen LogP contribution in [0.25, 0.3) is 33.8 Å². The van der Waals surface area contributed by atoms with Gasteiger partial charge < -0.3 is 11.1 Å². The number of benzene rings is 2. The van der Waals surface area contributed by atoms with Gasteiger partial charge in [0.15, 0.2) is 11.3 Å². The van der Waals surface area contributed by atoms with E-state index < -0.39 is 5.82 Å². The van der Waals surface area contributed by atoms with Crippen molar-refractivity contribution in [3.05, 3.63) is 161 Å². The number of halogens is 3. The molecule has 0 radical (unpaired) electrons. The number of hydrogen-bond donors (Lipinski definition) is 2. The maximum Gasteiger partial charge on any atom is 0.160 e. The molecule has 10 nitrogen and oxygen atoms in total. The number of hydrogen-bond acceptors (Lipinski definition) is 8. The molecule has 0 saturated heterocycles. The average molecular weight is 731 g/mol. The summed E-state index contributed by atoms with van der Waals surface area (Å²) in [5.41, 5.74) is 13.7. The van der Waals surface area contributed by atoms with Gasteiger partial charge in [-0.2, -0.15) is 14.7 Å². The van der Waals surface area contributed by atoms with Gasteiger partial charge in [0.2, 0.25) is 0 Å². The molecular weight excluding hydrogens is 694 g/mol. The van der Waals surface area contributed by atoms with E-state index in [4.69, 9.17) is 17.3 Å². The van der Waals surface area contributed by atoms with E-state index in [1.807, 2.05) is 56.3 Å². The van der Waals surface area contributed by atoms with E-state index in [2.05, 4.69) is 59.7 Å². The maximum atomic E-state index is 13.6. The smallest absolute Gasteiger partial charge is 0.160 e. The fraction of sp³-hybridized carbons (Fsp3) is 0.150. The minimum Gasteiger partial charge on any atom is -0.370 e. The molecule has 13 heteroatoms. The van der Waals surface area contributed by atoms with Gasteiger partial charge in [-0.25, -0.2) is 23.3 Å². The Balaban J connectivity index is 0.000000153. The van der Waals surface area contributed by atoms with Crippen molar-refractivity contribution in [2.45, 2.75) is 26.7 Å². The zero-order valence-corrected chi connectivity index (χ0v) is 29.9. The third-order valence-corrected chi connectivity index (χ3v) is 8.36. The van der Waals surface area contributed by atoms with Crippen LogP contribution in [0.15, 0.2) is 122 Å². The summed E-state index contributed by atoms with van der Waals surface area (Å²) in [6.07, 6.45) is 10.8. The first-order valence-corrected chi connectivity index (χ1v) is 17.3. The first-order valence-electron chi connectivity index (χ1n) is 16.9. The summed E-state index contributed by atoms with van der Waals surface area (Å²) < 4.78 is 30.0. The van der Waals surface area contributed by atoms with Crippen molar-refractivity contribution in [3.63, 3.8) is 0 Å². The highest BCUT2D eigenvalue weighted by Gasteiger charge is 2.12. The molecule has 0 atom stereocenters. The number of fused-ring (bicyclic) bond motifs is 2. The Morgan fingerprint density at radius 2 is 1.15 bits per heavy atom. The molecule has 268 valence electrons. The Labute approximate surface area is 310 Å². The molecule has 0 unspecified atom stereocenters. The molecule has 0 fully saturated rings. The van der Waals surface area contributed by atoms with Crippen LogP contribution in [0.1, 0.15) is 22.3 Å². The van der Waals surface area contributed by atoms with Gasteiger partial charge in [0.1, 0.15) is 22.6 Å². The lowest BCUT2D eigenvalue weighted by molar-refractivity contribution is 0.621. The second-order valence-electron chi connectivity index (χ2n) is 12.1. The summed E-state index contributed by atoms with van der Waals surface area (Å²) in [5, 5.41) is 12.3. The molecule has 6 aromatic heterocycles. The Kier molecular flexibility index (Phi) is 12.0. The highest BCUT2D eigenvalue weighted by Crippen LogP contribution is 2.25. The predicted molar refractivity (Wildman–Crippen MR) is 205 cm³/mol. The number of anilines is 1. The largest absolute Gasteiger partial charge is 0.370 e. The van der Waals surface area contributed by atoms with Gasteiger partial charge in [-0.1, -0.05) is 72.3 Å². The van der Waals surface area contributed by atoms with Crippen LogP contribution >= 0.6 is 11.6 Å². The maximum absolute atomic E-state index is 13.6. The predicted octanol–water partition coefficient (Wildman–Crippen LogP) is 7.97. The molecule has 0 spiro atoms. The van der Waals surface area contributed by atoms with Gasteiger partial charge in [0.25, 0.3) is 0 Å². The van der Waals surface area contributed by atoms with Crippen molar-refractivity contribution in [2.24, 2.45) is 5.73 Å². The van der Waals surface area contributed by atoms with Crippen LogP contribution in [-0.4, -0.2) is 52.3 Å². The van der Waals surface area contributed by atoms with Crippen LogP contribution in [0, 0.1) is 25.5 Å². The quantitative estimate of drug-likeness (QED) is 0.151. The first-order chi connectivity index (χ1) is 25.8. The highest BCUT2D eigenvalue weighted by molar-refractivity contribution is 6.30. The Morgan fingerprint density at radius 1 is 0.642 bits per heavy atom. The van der Waals surface area contributed by atoms with E-state index in [1.54, 1.807) is 35.4 Å². The second-order valence-corrected chi connectivity index (χ2v) is 12.5. The monoisotopic (exact) mass is 730 g/mol. The molecule has 0 bridgehead atoms. The second kappa shape index (κ2) is 17.4.